The van der Waals surface area contributed by atoms with Crippen molar-refractivity contribution in [2.75, 3.05) is 31.5 Å². The van der Waals surface area contributed by atoms with Gasteiger partial charge in [0.2, 0.25) is 0 Å². The molecule has 0 fully saturated rings. The van der Waals surface area contributed by atoms with Crippen LogP contribution in [0.25, 0.3) is 0 Å². The van der Waals surface area contributed by atoms with Gasteiger partial charge in [0.15, 0.2) is 0 Å². The molecule has 2 aromatic carbocycles. The van der Waals surface area contributed by atoms with Crippen molar-refractivity contribution in [3.8, 4) is 5.75 Å². The third kappa shape index (κ3) is 5.95. The van der Waals surface area contributed by atoms with E-state index in [1.807, 2.05) is 6.92 Å². The third-order valence-electron chi connectivity index (χ3n) is 4.75. The molecule has 158 valence electrons. The number of methoxy groups -OCH3 is 1. The molecule has 2 aromatic rings. The molecule has 29 heavy (non-hydrogen) atoms. The zero-order valence-electron chi connectivity index (χ0n) is 17.3. The van der Waals surface area contributed by atoms with Crippen molar-refractivity contribution >= 4 is 21.6 Å². The second-order valence-corrected chi connectivity index (χ2v) is 8.30. The van der Waals surface area contributed by atoms with E-state index in [1.54, 1.807) is 36.4 Å². The lowest BCUT2D eigenvalue weighted by molar-refractivity contribution is 0.0937. The van der Waals surface area contributed by atoms with Crippen molar-refractivity contribution in [2.24, 2.45) is 0 Å². The van der Waals surface area contributed by atoms with Crippen molar-refractivity contribution in [1.29, 1.82) is 0 Å². The number of carbonyl (C=O) groups excluding carboxylic acids is 1. The van der Waals surface area contributed by atoms with E-state index in [-0.39, 0.29) is 16.8 Å². The Morgan fingerprint density at radius 2 is 1.79 bits per heavy atom. The Kier molecular flexibility index (Phi) is 8.04. The van der Waals surface area contributed by atoms with Crippen molar-refractivity contribution < 1.29 is 17.9 Å². The fraction of sp³-hybridized carbons (Fsp3) is 0.381. The maximum Gasteiger partial charge on any atom is 0.262 e. The highest BCUT2D eigenvalue weighted by atomic mass is 32.2. The number of likely N-dealkylation sites (N-methyl/N-ethyl adjacent to an activating group) is 1. The maximum atomic E-state index is 12.8. The van der Waals surface area contributed by atoms with Crippen molar-refractivity contribution in [3.63, 3.8) is 0 Å². The molecule has 2 N–H and O–H groups in total. The fourth-order valence-corrected chi connectivity index (χ4v) is 4.17. The number of amides is 1. The molecular formula is C21H29N3O4S. The smallest absolute Gasteiger partial charge is 0.262 e. The van der Waals surface area contributed by atoms with Gasteiger partial charge in [0, 0.05) is 18.2 Å². The highest BCUT2D eigenvalue weighted by Crippen LogP contribution is 2.26. The first-order valence-corrected chi connectivity index (χ1v) is 11.1. The van der Waals surface area contributed by atoms with Crippen LogP contribution < -0.4 is 14.8 Å². The van der Waals surface area contributed by atoms with Gasteiger partial charge >= 0.3 is 0 Å². The van der Waals surface area contributed by atoms with Gasteiger partial charge in [-0.05, 0) is 50.3 Å². The third-order valence-corrected chi connectivity index (χ3v) is 6.11. The molecule has 1 amide bonds. The summed E-state index contributed by atoms with van der Waals surface area (Å²) in [6.45, 7) is 8.48. The molecule has 0 spiro atoms. The number of nitrogens with zero attached hydrogens (tertiary/aromatic N) is 1. The van der Waals surface area contributed by atoms with E-state index >= 15 is 0 Å². The van der Waals surface area contributed by atoms with E-state index < -0.39 is 10.0 Å². The van der Waals surface area contributed by atoms with Crippen molar-refractivity contribution in [2.45, 2.75) is 31.7 Å². The fourth-order valence-electron chi connectivity index (χ4n) is 3.06. The molecular weight excluding hydrogens is 390 g/mol. The quantitative estimate of drug-likeness (QED) is 0.618. The molecule has 0 unspecified atom stereocenters. The molecule has 1 atom stereocenters. The van der Waals surface area contributed by atoms with Crippen LogP contribution in [0.5, 0.6) is 5.75 Å². The molecule has 0 bridgehead atoms. The summed E-state index contributed by atoms with van der Waals surface area (Å²) in [6, 6.07) is 12.9. The minimum Gasteiger partial charge on any atom is -0.495 e. The summed E-state index contributed by atoms with van der Waals surface area (Å²) in [5.74, 6) is 0.105. The first-order chi connectivity index (χ1) is 13.8. The van der Waals surface area contributed by atoms with Crippen LogP contribution in [0.2, 0.25) is 0 Å². The maximum absolute atomic E-state index is 12.8. The van der Waals surface area contributed by atoms with Gasteiger partial charge in [-0.2, -0.15) is 0 Å². The Bertz CT molecular complexity index is 927. The largest absolute Gasteiger partial charge is 0.495 e. The molecule has 0 aliphatic rings. The summed E-state index contributed by atoms with van der Waals surface area (Å²) in [5.41, 5.74) is 0.623. The Hall–Kier alpha value is -2.58. The number of anilines is 1. The van der Waals surface area contributed by atoms with Crippen LogP contribution in [0, 0.1) is 0 Å². The molecule has 0 heterocycles. The Morgan fingerprint density at radius 1 is 1.10 bits per heavy atom. The average Bonchev–Trinajstić information content (AvgIpc) is 2.73. The lowest BCUT2D eigenvalue weighted by Crippen LogP contribution is -2.42. The SMILES string of the molecule is CCN(CC)[C@H](C)CNC(=O)c1cccc(S(=O)(=O)Nc2ccccc2OC)c1. The number of carbonyl (C=O) groups is 1. The molecule has 0 aliphatic carbocycles. The van der Waals surface area contributed by atoms with E-state index in [9.17, 15) is 13.2 Å². The lowest BCUT2D eigenvalue weighted by atomic mass is 10.2. The second kappa shape index (κ2) is 10.3. The van der Waals surface area contributed by atoms with Crippen LogP contribution in [-0.2, 0) is 10.0 Å². The first-order valence-electron chi connectivity index (χ1n) is 9.60. The summed E-state index contributed by atoms with van der Waals surface area (Å²) in [7, 11) is -2.40. The van der Waals surface area contributed by atoms with Crippen LogP contribution in [0.4, 0.5) is 5.69 Å². The van der Waals surface area contributed by atoms with E-state index in [2.05, 4.69) is 28.8 Å². The van der Waals surface area contributed by atoms with Gasteiger partial charge < -0.3 is 10.1 Å². The predicted molar refractivity (Wildman–Crippen MR) is 115 cm³/mol. The highest BCUT2D eigenvalue weighted by Gasteiger charge is 2.19. The molecule has 0 saturated carbocycles. The van der Waals surface area contributed by atoms with Gasteiger partial charge in [-0.15, -0.1) is 0 Å². The molecule has 8 heteroatoms. The summed E-state index contributed by atoms with van der Waals surface area (Å²) in [5, 5.41) is 2.88. The van der Waals surface area contributed by atoms with Gasteiger partial charge in [-0.1, -0.05) is 32.0 Å². The zero-order valence-corrected chi connectivity index (χ0v) is 18.1. The molecule has 0 saturated heterocycles. The minimum absolute atomic E-state index is 0.00727. The van der Waals surface area contributed by atoms with E-state index in [4.69, 9.17) is 4.74 Å². The highest BCUT2D eigenvalue weighted by molar-refractivity contribution is 7.92. The summed E-state index contributed by atoms with van der Waals surface area (Å²) >= 11 is 0. The molecule has 7 nitrogen and oxygen atoms in total. The van der Waals surface area contributed by atoms with Gasteiger partial charge in [0.25, 0.3) is 15.9 Å². The van der Waals surface area contributed by atoms with E-state index in [1.165, 1.54) is 19.2 Å². The normalized spacial score (nSPS) is 12.4. The first kappa shape index (κ1) is 22.7. The number of nitrogens with one attached hydrogen (secondary N) is 2. The summed E-state index contributed by atoms with van der Waals surface area (Å²) in [4.78, 5) is 14.8. The van der Waals surface area contributed by atoms with E-state index in [0.29, 0.717) is 23.5 Å². The number of para-hydroxylation sites is 2. The average molecular weight is 420 g/mol. The number of sulfonamides is 1. The van der Waals surface area contributed by atoms with E-state index in [0.717, 1.165) is 13.1 Å². The van der Waals surface area contributed by atoms with Crippen molar-refractivity contribution in [1.82, 2.24) is 10.2 Å². The van der Waals surface area contributed by atoms with Crippen LogP contribution in [0.1, 0.15) is 31.1 Å². The predicted octanol–water partition coefficient (Wildman–Crippen LogP) is 2.96. The molecule has 0 aliphatic heterocycles. The zero-order chi connectivity index (χ0) is 21.4. The van der Waals surface area contributed by atoms with Crippen LogP contribution in [0.15, 0.2) is 53.4 Å². The van der Waals surface area contributed by atoms with Gasteiger partial charge in [0.05, 0.1) is 17.7 Å². The topological polar surface area (TPSA) is 87.7 Å². The lowest BCUT2D eigenvalue weighted by Gasteiger charge is -2.26. The number of hydrogen-bond acceptors (Lipinski definition) is 5. The monoisotopic (exact) mass is 419 g/mol. The number of rotatable bonds is 10. The number of hydrogen-bond donors (Lipinski definition) is 2. The Labute approximate surface area is 173 Å². The molecule has 2 rings (SSSR count). The summed E-state index contributed by atoms with van der Waals surface area (Å²) < 4.78 is 33.2. The van der Waals surface area contributed by atoms with Crippen molar-refractivity contribution in [3.05, 3.63) is 54.1 Å². The Balaban J connectivity index is 2.14. The van der Waals surface area contributed by atoms with Gasteiger partial charge in [-0.3, -0.25) is 14.4 Å². The number of ether oxygens (including phenoxy) is 1. The van der Waals surface area contributed by atoms with Gasteiger partial charge in [-0.25, -0.2) is 8.42 Å². The second-order valence-electron chi connectivity index (χ2n) is 6.61. The molecule has 0 aromatic heterocycles. The molecule has 0 radical (unpaired) electrons. The van der Waals surface area contributed by atoms with Crippen LogP contribution in [0.3, 0.4) is 0 Å². The standard InChI is InChI=1S/C21H29N3O4S/c1-5-24(6-2)16(3)15-22-21(25)17-10-9-11-18(14-17)29(26,27)23-19-12-7-8-13-20(19)28-4/h7-14,16,23H,5-6,15H2,1-4H3,(H,22,25)/t16-/m1/s1. The Morgan fingerprint density at radius 3 is 2.45 bits per heavy atom. The van der Waals surface area contributed by atoms with Crippen LogP contribution in [-0.4, -0.2) is 52.0 Å². The summed E-state index contributed by atoms with van der Waals surface area (Å²) in [6.07, 6.45) is 0. The van der Waals surface area contributed by atoms with Gasteiger partial charge in [0.1, 0.15) is 5.75 Å². The number of benzene rings is 2. The van der Waals surface area contributed by atoms with Crippen LogP contribution >= 0.6 is 0 Å². The minimum atomic E-state index is -3.87.